The Hall–Kier alpha value is -7.36. The van der Waals surface area contributed by atoms with Crippen LogP contribution in [0.2, 0.25) is 0 Å². The molecule has 0 radical (unpaired) electrons. The minimum atomic E-state index is -0.378. The third-order valence-corrected chi connectivity index (χ3v) is 16.4. The van der Waals surface area contributed by atoms with E-state index in [9.17, 15) is 0 Å². The van der Waals surface area contributed by atoms with Crippen molar-refractivity contribution < 1.29 is 0 Å². The van der Waals surface area contributed by atoms with Crippen molar-refractivity contribution in [3.05, 3.63) is 255 Å². The number of rotatable bonds is 5. The molecule has 6 aliphatic carbocycles. The Morgan fingerprint density at radius 3 is 2.23 bits per heavy atom. The SMILES string of the molecule is Cc1c(-c2ccccc2)nc(-c2ccccc2)nc1C1C=CC=C(C2c3ccccc3-c3ccc4c(c32)C(C)(c2ccccc2)C2=C(c3[nH]c5ccccc5c3CC2)C42C3=C2CCC=C3)C1. The van der Waals surface area contributed by atoms with Gasteiger partial charge in [-0.1, -0.05) is 182 Å². The quantitative estimate of drug-likeness (QED) is 0.187. The van der Waals surface area contributed by atoms with Crippen LogP contribution in [-0.2, 0) is 17.3 Å². The Labute approximate surface area is 386 Å². The molecular weight excluding hydrogens is 799 g/mol. The van der Waals surface area contributed by atoms with Gasteiger partial charge in [0.2, 0.25) is 0 Å². The molecule has 0 saturated heterocycles. The summed E-state index contributed by atoms with van der Waals surface area (Å²) in [6.45, 7) is 4.82. The summed E-state index contributed by atoms with van der Waals surface area (Å²) in [5.74, 6) is 0.943. The summed E-state index contributed by atoms with van der Waals surface area (Å²) < 4.78 is 0. The zero-order valence-electron chi connectivity index (χ0n) is 37.4. The van der Waals surface area contributed by atoms with Gasteiger partial charge in [-0.15, -0.1) is 0 Å². The van der Waals surface area contributed by atoms with E-state index < -0.39 is 0 Å². The molecule has 6 aliphatic rings. The molecule has 0 amide bonds. The summed E-state index contributed by atoms with van der Waals surface area (Å²) in [5.41, 5.74) is 26.6. The molecule has 1 spiro atoms. The van der Waals surface area contributed by atoms with E-state index in [0.29, 0.717) is 0 Å². The average Bonchev–Trinajstić information content (AvgIpc) is 3.68. The predicted octanol–water partition coefficient (Wildman–Crippen LogP) is 15.0. The Morgan fingerprint density at radius 1 is 0.682 bits per heavy atom. The van der Waals surface area contributed by atoms with Gasteiger partial charge in [-0.05, 0) is 124 Å². The molecule has 3 heteroatoms. The molecular formula is C63H49N3. The number of benzene rings is 6. The van der Waals surface area contributed by atoms with Crippen LogP contribution in [0, 0.1) is 6.92 Å². The topological polar surface area (TPSA) is 41.6 Å². The number of allylic oxidation sites excluding steroid dienone is 10. The number of aromatic amines is 1. The van der Waals surface area contributed by atoms with E-state index in [1.807, 2.05) is 0 Å². The number of hydrogen-bond donors (Lipinski definition) is 1. The number of para-hydroxylation sites is 1. The van der Waals surface area contributed by atoms with Gasteiger partial charge in [0.05, 0.1) is 16.8 Å². The maximum Gasteiger partial charge on any atom is 0.160 e. The van der Waals surface area contributed by atoms with Crippen molar-refractivity contribution in [1.82, 2.24) is 15.0 Å². The number of fused-ring (bicyclic) bond motifs is 13. The number of nitrogens with zero attached hydrogens (tertiary/aromatic N) is 2. The Morgan fingerprint density at radius 2 is 1.42 bits per heavy atom. The maximum atomic E-state index is 5.47. The maximum absolute atomic E-state index is 5.47. The third-order valence-electron chi connectivity index (χ3n) is 16.4. The smallest absolute Gasteiger partial charge is 0.160 e. The number of H-pyrrole nitrogens is 1. The summed E-state index contributed by atoms with van der Waals surface area (Å²) in [6.07, 6.45) is 17.2. The fourth-order valence-corrected chi connectivity index (χ4v) is 13.5. The monoisotopic (exact) mass is 847 g/mol. The molecule has 14 rings (SSSR count). The highest BCUT2D eigenvalue weighted by molar-refractivity contribution is 6.03. The molecule has 2 aromatic heterocycles. The van der Waals surface area contributed by atoms with Gasteiger partial charge in [0.25, 0.3) is 0 Å². The van der Waals surface area contributed by atoms with E-state index in [4.69, 9.17) is 9.97 Å². The van der Waals surface area contributed by atoms with Crippen molar-refractivity contribution in [2.24, 2.45) is 0 Å². The summed E-state index contributed by atoms with van der Waals surface area (Å²) in [7, 11) is 0. The minimum absolute atomic E-state index is 0.0798. The summed E-state index contributed by atoms with van der Waals surface area (Å²) in [4.78, 5) is 14.8. The van der Waals surface area contributed by atoms with Gasteiger partial charge in [-0.2, -0.15) is 0 Å². The first-order chi connectivity index (χ1) is 32.5. The molecule has 0 aliphatic heterocycles. The fraction of sp³-hybridized carbons (Fsp3) is 0.175. The molecule has 1 N–H and O–H groups in total. The van der Waals surface area contributed by atoms with E-state index in [1.165, 1.54) is 77.8 Å². The zero-order chi connectivity index (χ0) is 43.7. The van der Waals surface area contributed by atoms with Gasteiger partial charge in [0.1, 0.15) is 0 Å². The van der Waals surface area contributed by atoms with Crippen molar-refractivity contribution in [3.63, 3.8) is 0 Å². The van der Waals surface area contributed by atoms with Crippen LogP contribution in [-0.4, -0.2) is 15.0 Å². The Balaban J connectivity index is 0.995. The normalized spacial score (nSPS) is 23.0. The lowest BCUT2D eigenvalue weighted by molar-refractivity contribution is 0.581. The Kier molecular flexibility index (Phi) is 8.09. The molecule has 0 saturated carbocycles. The van der Waals surface area contributed by atoms with E-state index in [0.717, 1.165) is 66.0 Å². The van der Waals surface area contributed by atoms with Gasteiger partial charge in [-0.25, -0.2) is 9.97 Å². The van der Waals surface area contributed by atoms with Crippen LogP contribution in [0.3, 0.4) is 0 Å². The van der Waals surface area contributed by atoms with Crippen LogP contribution in [0.5, 0.6) is 0 Å². The highest BCUT2D eigenvalue weighted by Gasteiger charge is 2.64. The second-order valence-electron chi connectivity index (χ2n) is 19.5. The van der Waals surface area contributed by atoms with Gasteiger partial charge < -0.3 is 4.98 Å². The van der Waals surface area contributed by atoms with Crippen molar-refractivity contribution in [1.29, 1.82) is 0 Å². The predicted molar refractivity (Wildman–Crippen MR) is 269 cm³/mol. The largest absolute Gasteiger partial charge is 0.355 e. The van der Waals surface area contributed by atoms with Crippen LogP contribution < -0.4 is 0 Å². The fourth-order valence-electron chi connectivity index (χ4n) is 13.5. The van der Waals surface area contributed by atoms with Crippen molar-refractivity contribution in [2.45, 2.75) is 68.6 Å². The van der Waals surface area contributed by atoms with Crippen LogP contribution in [0.4, 0.5) is 0 Å². The molecule has 0 fully saturated rings. The molecule has 2 heterocycles. The van der Waals surface area contributed by atoms with Crippen LogP contribution in [0.1, 0.15) is 94.8 Å². The first kappa shape index (κ1) is 38.0. The lowest BCUT2D eigenvalue weighted by Crippen LogP contribution is -2.41. The summed E-state index contributed by atoms with van der Waals surface area (Å²) in [6, 6.07) is 56.1. The highest BCUT2D eigenvalue weighted by atomic mass is 14.9. The first-order valence-corrected chi connectivity index (χ1v) is 24.0. The van der Waals surface area contributed by atoms with Crippen LogP contribution in [0.15, 0.2) is 204 Å². The number of nitrogens with one attached hydrogen (secondary N) is 1. The molecule has 3 nitrogen and oxygen atoms in total. The molecule has 6 aromatic carbocycles. The van der Waals surface area contributed by atoms with Crippen molar-refractivity contribution >= 4 is 16.5 Å². The van der Waals surface area contributed by atoms with Crippen molar-refractivity contribution in [3.8, 4) is 33.8 Å². The lowest BCUT2D eigenvalue weighted by Gasteiger charge is -2.49. The second-order valence-corrected chi connectivity index (χ2v) is 19.5. The molecule has 0 bridgehead atoms. The first-order valence-electron chi connectivity index (χ1n) is 24.0. The average molecular weight is 848 g/mol. The zero-order valence-corrected chi connectivity index (χ0v) is 37.4. The van der Waals surface area contributed by atoms with E-state index >= 15 is 0 Å². The van der Waals surface area contributed by atoms with Gasteiger partial charge >= 0.3 is 0 Å². The highest BCUT2D eigenvalue weighted by Crippen LogP contribution is 2.74. The van der Waals surface area contributed by atoms with Crippen LogP contribution >= 0.6 is 0 Å². The standard InChI is InChI=1S/C63H49N3/c1-38-58(39-19-6-3-7-20-39)65-61(40-21-8-4-9-22-40)66-59(38)42-24-18-23-41(37-42)54-46-29-13-12-27-44(46)47-33-36-52-56(55(47)54)62(2,43-25-10-5-11-26-43)51-35-34-48-45-28-14-17-32-53(45)64-60(48)57(51)63(52)49-30-15-16-31-50(49)63/h3-15,17-30,32-33,36,42,54,64H,16,31,34-35,37H2,1-2H3. The third kappa shape index (κ3) is 5.09. The molecule has 316 valence electrons. The van der Waals surface area contributed by atoms with Gasteiger partial charge in [0, 0.05) is 45.0 Å². The van der Waals surface area contributed by atoms with E-state index in [-0.39, 0.29) is 22.7 Å². The number of aryl methyl sites for hydroxylation is 1. The second kappa shape index (κ2) is 14.1. The number of hydrogen-bond acceptors (Lipinski definition) is 2. The number of aromatic nitrogens is 3. The lowest BCUT2D eigenvalue weighted by atomic mass is 9.53. The van der Waals surface area contributed by atoms with Gasteiger partial charge in [0.15, 0.2) is 5.82 Å². The van der Waals surface area contributed by atoms with Gasteiger partial charge in [-0.3, -0.25) is 0 Å². The molecule has 4 unspecified atom stereocenters. The molecule has 4 atom stereocenters. The van der Waals surface area contributed by atoms with Crippen molar-refractivity contribution in [2.75, 3.05) is 0 Å². The summed E-state index contributed by atoms with van der Waals surface area (Å²) >= 11 is 0. The van der Waals surface area contributed by atoms with Crippen LogP contribution in [0.25, 0.3) is 50.2 Å². The van der Waals surface area contributed by atoms with E-state index in [1.54, 1.807) is 11.1 Å². The molecule has 8 aromatic rings. The summed E-state index contributed by atoms with van der Waals surface area (Å²) in [5, 5.41) is 1.37. The minimum Gasteiger partial charge on any atom is -0.355 e. The molecule has 66 heavy (non-hydrogen) atoms. The van der Waals surface area contributed by atoms with E-state index in [2.05, 4.69) is 201 Å². The Bertz CT molecular complexity index is 3530.